The van der Waals surface area contributed by atoms with Gasteiger partial charge in [-0.15, -0.1) is 23.7 Å². The molecule has 1 fully saturated rings. The van der Waals surface area contributed by atoms with E-state index in [4.69, 9.17) is 11.6 Å². The maximum absolute atomic E-state index is 12.6. The second kappa shape index (κ2) is 8.61. The van der Waals surface area contributed by atoms with Gasteiger partial charge in [0.25, 0.3) is 5.91 Å². The molecule has 8 heteroatoms. The van der Waals surface area contributed by atoms with Crippen molar-refractivity contribution in [1.29, 1.82) is 0 Å². The third-order valence-corrected chi connectivity index (χ3v) is 6.15. The third-order valence-electron chi connectivity index (χ3n) is 4.79. The molecule has 1 aromatic carbocycles. The molecule has 3 aromatic rings. The third kappa shape index (κ3) is 4.29. The molecule has 27 heavy (non-hydrogen) atoms. The zero-order chi connectivity index (χ0) is 18.1. The molecule has 1 unspecified atom stereocenters. The molecule has 3 heterocycles. The number of aromatic nitrogens is 2. The van der Waals surface area contributed by atoms with Crippen molar-refractivity contribution in [2.24, 2.45) is 5.92 Å². The van der Waals surface area contributed by atoms with Crippen molar-refractivity contribution in [1.82, 2.24) is 20.4 Å². The van der Waals surface area contributed by atoms with Crippen molar-refractivity contribution in [2.45, 2.75) is 19.8 Å². The van der Waals surface area contributed by atoms with Crippen LogP contribution in [0.25, 0.3) is 15.9 Å². The fourth-order valence-corrected chi connectivity index (χ4v) is 4.56. The Balaban J connectivity index is 0.00000210. The van der Waals surface area contributed by atoms with Gasteiger partial charge in [-0.1, -0.05) is 11.6 Å². The first-order chi connectivity index (χ1) is 12.6. The van der Waals surface area contributed by atoms with E-state index in [2.05, 4.69) is 15.7 Å². The summed E-state index contributed by atoms with van der Waals surface area (Å²) in [4.78, 5) is 14.3. The summed E-state index contributed by atoms with van der Waals surface area (Å²) in [5.41, 5.74) is 1.86. The Morgan fingerprint density at radius 1 is 1.41 bits per heavy atom. The molecule has 1 atom stereocenters. The van der Waals surface area contributed by atoms with Crippen LogP contribution in [0, 0.1) is 12.8 Å². The topological polar surface area (TPSA) is 59.0 Å². The van der Waals surface area contributed by atoms with E-state index >= 15 is 0 Å². The molecule has 144 valence electrons. The molecule has 1 amide bonds. The highest BCUT2D eigenvalue weighted by atomic mass is 35.5. The average Bonchev–Trinajstić information content (AvgIpc) is 3.22. The van der Waals surface area contributed by atoms with E-state index in [9.17, 15) is 4.79 Å². The van der Waals surface area contributed by atoms with Gasteiger partial charge in [-0.3, -0.25) is 4.79 Å². The van der Waals surface area contributed by atoms with Gasteiger partial charge in [-0.05, 0) is 69.1 Å². The molecular formula is C19H22Cl2N4OS. The van der Waals surface area contributed by atoms with Crippen molar-refractivity contribution < 1.29 is 4.79 Å². The van der Waals surface area contributed by atoms with Crippen LogP contribution >= 0.6 is 35.3 Å². The van der Waals surface area contributed by atoms with Gasteiger partial charge in [-0.2, -0.15) is 5.10 Å². The molecule has 1 aliphatic heterocycles. The molecular weight excluding hydrogens is 403 g/mol. The lowest BCUT2D eigenvalue weighted by atomic mass is 10.00. The highest BCUT2D eigenvalue weighted by molar-refractivity contribution is 7.20. The predicted molar refractivity (Wildman–Crippen MR) is 114 cm³/mol. The second-order valence-electron chi connectivity index (χ2n) is 6.73. The van der Waals surface area contributed by atoms with Gasteiger partial charge in [-0.25, -0.2) is 4.68 Å². The van der Waals surface area contributed by atoms with Crippen molar-refractivity contribution in [3.8, 4) is 5.69 Å². The number of carbonyl (C=O) groups is 1. The van der Waals surface area contributed by atoms with E-state index in [-0.39, 0.29) is 18.3 Å². The minimum absolute atomic E-state index is 0. The highest BCUT2D eigenvalue weighted by Crippen LogP contribution is 2.30. The summed E-state index contributed by atoms with van der Waals surface area (Å²) in [5.74, 6) is 0.521. The molecule has 0 aliphatic carbocycles. The summed E-state index contributed by atoms with van der Waals surface area (Å²) < 4.78 is 1.88. The average molecular weight is 425 g/mol. The molecule has 0 saturated carbocycles. The smallest absolute Gasteiger partial charge is 0.261 e. The largest absolute Gasteiger partial charge is 0.351 e. The standard InChI is InChI=1S/C19H21ClN4OS.ClH/c1-12-16-9-17(18(25)22-11-13-3-2-8-21-10-13)26-19(16)24(23-12)15-6-4-14(20)5-7-15;/h4-7,9,13,21H,2-3,8,10-11H2,1H3,(H,22,25);1H. The Labute approximate surface area is 173 Å². The molecule has 5 nitrogen and oxygen atoms in total. The van der Waals surface area contributed by atoms with Crippen LogP contribution in [0.2, 0.25) is 5.02 Å². The van der Waals surface area contributed by atoms with Crippen molar-refractivity contribution in [3.05, 3.63) is 45.9 Å². The number of hydrogen-bond donors (Lipinski definition) is 2. The second-order valence-corrected chi connectivity index (χ2v) is 8.19. The van der Waals surface area contributed by atoms with E-state index in [0.29, 0.717) is 10.9 Å². The molecule has 2 aromatic heterocycles. The van der Waals surface area contributed by atoms with E-state index in [1.165, 1.54) is 24.2 Å². The van der Waals surface area contributed by atoms with Gasteiger partial charge in [0.15, 0.2) is 0 Å². The number of benzene rings is 1. The molecule has 0 spiro atoms. The van der Waals surface area contributed by atoms with Crippen LogP contribution in [-0.2, 0) is 0 Å². The van der Waals surface area contributed by atoms with Crippen molar-refractivity contribution in [3.63, 3.8) is 0 Å². The minimum atomic E-state index is -0.00108. The summed E-state index contributed by atoms with van der Waals surface area (Å²) in [5, 5.41) is 12.8. The first kappa shape index (κ1) is 20.1. The number of amides is 1. The number of aryl methyl sites for hydroxylation is 1. The maximum atomic E-state index is 12.6. The number of nitrogens with zero attached hydrogens (tertiary/aromatic N) is 2. The summed E-state index contributed by atoms with van der Waals surface area (Å²) in [6.45, 7) is 4.76. The first-order valence-corrected chi connectivity index (χ1v) is 10.1. The van der Waals surface area contributed by atoms with Gasteiger partial charge < -0.3 is 10.6 Å². The first-order valence-electron chi connectivity index (χ1n) is 8.86. The molecule has 0 radical (unpaired) electrons. The number of thiophene rings is 1. The number of fused-ring (bicyclic) bond motifs is 1. The summed E-state index contributed by atoms with van der Waals surface area (Å²) in [6.07, 6.45) is 2.35. The maximum Gasteiger partial charge on any atom is 0.261 e. The number of rotatable bonds is 4. The van der Waals surface area contributed by atoms with Gasteiger partial charge >= 0.3 is 0 Å². The predicted octanol–water partition coefficient (Wildman–Crippen LogP) is 4.20. The number of halogens is 2. The van der Waals surface area contributed by atoms with Crippen molar-refractivity contribution in [2.75, 3.05) is 19.6 Å². The summed E-state index contributed by atoms with van der Waals surface area (Å²) >= 11 is 7.46. The van der Waals surface area contributed by atoms with Crippen molar-refractivity contribution >= 4 is 51.5 Å². The SMILES string of the molecule is Cc1nn(-c2ccc(Cl)cc2)c2sc(C(=O)NCC3CCCNC3)cc12.Cl. The quantitative estimate of drug-likeness (QED) is 0.659. The van der Waals surface area contributed by atoms with Crippen LogP contribution in [-0.4, -0.2) is 35.3 Å². The van der Waals surface area contributed by atoms with Crippen LogP contribution in [0.3, 0.4) is 0 Å². The van der Waals surface area contributed by atoms with Crippen LogP contribution in [0.5, 0.6) is 0 Å². The van der Waals surface area contributed by atoms with Crippen LogP contribution in [0.15, 0.2) is 30.3 Å². The van der Waals surface area contributed by atoms with Gasteiger partial charge in [0.1, 0.15) is 4.83 Å². The van der Waals surface area contributed by atoms with E-state index < -0.39 is 0 Å². The molecule has 2 N–H and O–H groups in total. The Morgan fingerprint density at radius 2 is 2.19 bits per heavy atom. The van der Waals surface area contributed by atoms with Crippen LogP contribution in [0.1, 0.15) is 28.2 Å². The van der Waals surface area contributed by atoms with Crippen LogP contribution in [0.4, 0.5) is 0 Å². The molecule has 0 bridgehead atoms. The zero-order valence-electron chi connectivity index (χ0n) is 15.0. The van der Waals surface area contributed by atoms with E-state index in [1.807, 2.05) is 41.9 Å². The van der Waals surface area contributed by atoms with Gasteiger partial charge in [0, 0.05) is 17.0 Å². The minimum Gasteiger partial charge on any atom is -0.351 e. The monoisotopic (exact) mass is 424 g/mol. The highest BCUT2D eigenvalue weighted by Gasteiger charge is 2.19. The summed E-state index contributed by atoms with van der Waals surface area (Å²) in [7, 11) is 0. The normalized spacial score (nSPS) is 16.9. The van der Waals surface area contributed by atoms with Gasteiger partial charge in [0.05, 0.1) is 16.3 Å². The molecule has 4 rings (SSSR count). The number of nitrogens with one attached hydrogen (secondary N) is 2. The number of carbonyl (C=O) groups excluding carboxylic acids is 1. The fourth-order valence-electron chi connectivity index (χ4n) is 3.34. The fraction of sp³-hybridized carbons (Fsp3) is 0.368. The van der Waals surface area contributed by atoms with E-state index in [0.717, 1.165) is 46.1 Å². The lowest BCUT2D eigenvalue weighted by Crippen LogP contribution is -2.37. The van der Waals surface area contributed by atoms with E-state index in [1.54, 1.807) is 0 Å². The van der Waals surface area contributed by atoms with Gasteiger partial charge in [0.2, 0.25) is 0 Å². The molecule has 1 saturated heterocycles. The Bertz CT molecular complexity index is 929. The lowest BCUT2D eigenvalue weighted by molar-refractivity contribution is 0.0949. The Kier molecular flexibility index (Phi) is 6.42. The molecule has 1 aliphatic rings. The number of hydrogen-bond acceptors (Lipinski definition) is 4. The zero-order valence-corrected chi connectivity index (χ0v) is 17.4. The lowest BCUT2D eigenvalue weighted by Gasteiger charge is -2.22. The number of piperidine rings is 1. The summed E-state index contributed by atoms with van der Waals surface area (Å²) in [6, 6.07) is 9.51. The Hall–Kier alpha value is -1.60. The Morgan fingerprint density at radius 3 is 2.89 bits per heavy atom. The van der Waals surface area contributed by atoms with Crippen LogP contribution < -0.4 is 10.6 Å².